The molecule has 0 bridgehead atoms. The Labute approximate surface area is 215 Å². The van der Waals surface area contributed by atoms with Crippen molar-refractivity contribution in [2.75, 3.05) is 26.5 Å². The first kappa shape index (κ1) is 25.0. The zero-order valence-electron chi connectivity index (χ0n) is 20.5. The van der Waals surface area contributed by atoms with Crippen LogP contribution in [-0.4, -0.2) is 54.5 Å². The van der Waals surface area contributed by atoms with Crippen LogP contribution in [0.15, 0.2) is 66.9 Å². The highest BCUT2D eigenvalue weighted by atomic mass is 19.1. The maximum atomic E-state index is 13.9. The van der Waals surface area contributed by atoms with E-state index in [-0.39, 0.29) is 37.6 Å². The minimum absolute atomic E-state index is 0.0698. The molecule has 1 amide bonds. The van der Waals surface area contributed by atoms with Gasteiger partial charge >= 0.3 is 0 Å². The van der Waals surface area contributed by atoms with Crippen LogP contribution in [0.4, 0.5) is 4.39 Å². The fourth-order valence-corrected chi connectivity index (χ4v) is 4.48. The third-order valence-electron chi connectivity index (χ3n) is 6.29. The second-order valence-electron chi connectivity index (χ2n) is 9.12. The van der Waals surface area contributed by atoms with Gasteiger partial charge in [0.15, 0.2) is 17.6 Å². The minimum Gasteiger partial charge on any atom is -0.479 e. The van der Waals surface area contributed by atoms with Crippen molar-refractivity contribution < 1.29 is 28.1 Å². The third-order valence-corrected chi connectivity index (χ3v) is 6.29. The second kappa shape index (κ2) is 12.0. The molecule has 0 aliphatic carbocycles. The number of halogens is 1. The number of carbonyl (C=O) groups is 1. The Bertz CT molecular complexity index is 1190. The molecule has 0 spiro atoms. The lowest BCUT2D eigenvalue weighted by Gasteiger charge is -2.29. The van der Waals surface area contributed by atoms with Gasteiger partial charge in [0.05, 0.1) is 18.3 Å². The Morgan fingerprint density at radius 2 is 2.05 bits per heavy atom. The molecule has 3 heterocycles. The Morgan fingerprint density at radius 3 is 2.86 bits per heavy atom. The van der Waals surface area contributed by atoms with E-state index < -0.39 is 11.9 Å². The van der Waals surface area contributed by atoms with Gasteiger partial charge in [-0.25, -0.2) is 4.39 Å². The van der Waals surface area contributed by atoms with Crippen molar-refractivity contribution in [3.8, 4) is 17.2 Å². The maximum Gasteiger partial charge on any atom is 0.262 e. The quantitative estimate of drug-likeness (QED) is 0.424. The highest BCUT2D eigenvalue weighted by Gasteiger charge is 2.27. The number of hydrogen-bond donors (Lipinski definition) is 1. The SMILES string of the molecule is O=C(NCc1ccccn1)[C@@H](CN(Cc1ccc2c(c1)OCO2)C[C@H]1CCCO1)Oc1cccc(F)c1. The zero-order chi connectivity index (χ0) is 25.5. The fraction of sp³-hybridized carbons (Fsp3) is 0.357. The lowest BCUT2D eigenvalue weighted by Crippen LogP contribution is -2.47. The molecule has 0 radical (unpaired) electrons. The van der Waals surface area contributed by atoms with Crippen molar-refractivity contribution >= 4 is 5.91 Å². The van der Waals surface area contributed by atoms with Gasteiger partial charge in [-0.3, -0.25) is 14.7 Å². The van der Waals surface area contributed by atoms with Crippen LogP contribution in [0.5, 0.6) is 17.2 Å². The number of fused-ring (bicyclic) bond motifs is 1. The summed E-state index contributed by atoms with van der Waals surface area (Å²) in [7, 11) is 0. The Kier molecular flexibility index (Phi) is 8.12. The van der Waals surface area contributed by atoms with Crippen LogP contribution in [0.1, 0.15) is 24.1 Å². The molecule has 5 rings (SSSR count). The van der Waals surface area contributed by atoms with Crippen molar-refractivity contribution in [3.63, 3.8) is 0 Å². The Hall–Kier alpha value is -3.69. The molecular formula is C28H30FN3O5. The third kappa shape index (κ3) is 6.96. The summed E-state index contributed by atoms with van der Waals surface area (Å²) in [5, 5.41) is 2.92. The number of carbonyl (C=O) groups excluding carboxylic acids is 1. The molecule has 8 nitrogen and oxygen atoms in total. The topological polar surface area (TPSA) is 82.2 Å². The summed E-state index contributed by atoms with van der Waals surface area (Å²) in [6.07, 6.45) is 2.83. The number of rotatable bonds is 11. The summed E-state index contributed by atoms with van der Waals surface area (Å²) >= 11 is 0. The number of nitrogens with one attached hydrogen (secondary N) is 1. The van der Waals surface area contributed by atoms with Gasteiger partial charge < -0.3 is 24.3 Å². The van der Waals surface area contributed by atoms with E-state index in [1.54, 1.807) is 18.3 Å². The number of nitrogens with zero attached hydrogens (tertiary/aromatic N) is 2. The van der Waals surface area contributed by atoms with Crippen molar-refractivity contribution in [2.45, 2.75) is 38.1 Å². The molecule has 2 aliphatic heterocycles. The number of aromatic nitrogens is 1. The zero-order valence-corrected chi connectivity index (χ0v) is 20.5. The van der Waals surface area contributed by atoms with Gasteiger partial charge in [-0.15, -0.1) is 0 Å². The summed E-state index contributed by atoms with van der Waals surface area (Å²) in [6, 6.07) is 17.2. The van der Waals surface area contributed by atoms with Crippen LogP contribution in [-0.2, 0) is 22.6 Å². The molecule has 1 saturated heterocycles. The number of amides is 1. The summed E-state index contributed by atoms with van der Waals surface area (Å²) in [4.78, 5) is 19.7. The van der Waals surface area contributed by atoms with Gasteiger partial charge in [0.1, 0.15) is 11.6 Å². The van der Waals surface area contributed by atoms with Crippen LogP contribution in [0.3, 0.4) is 0 Å². The van der Waals surface area contributed by atoms with Gasteiger partial charge in [-0.1, -0.05) is 18.2 Å². The second-order valence-corrected chi connectivity index (χ2v) is 9.12. The highest BCUT2D eigenvalue weighted by Crippen LogP contribution is 2.33. The average molecular weight is 508 g/mol. The number of hydrogen-bond acceptors (Lipinski definition) is 7. The highest BCUT2D eigenvalue weighted by molar-refractivity contribution is 5.81. The van der Waals surface area contributed by atoms with E-state index in [0.717, 1.165) is 36.5 Å². The maximum absolute atomic E-state index is 13.9. The summed E-state index contributed by atoms with van der Waals surface area (Å²) in [5.41, 5.74) is 1.75. The smallest absolute Gasteiger partial charge is 0.262 e. The summed E-state index contributed by atoms with van der Waals surface area (Å²) < 4.78 is 36.8. The van der Waals surface area contributed by atoms with E-state index in [2.05, 4.69) is 15.2 Å². The van der Waals surface area contributed by atoms with Gasteiger partial charge in [-0.05, 0) is 54.8 Å². The standard InChI is InChI=1S/C28H30FN3O5/c29-21-5-3-7-23(14-21)37-27(28(33)31-15-22-6-1-2-11-30-22)18-32(17-24-8-4-12-34-24)16-20-9-10-25-26(13-20)36-19-35-25/h1-3,5-7,9-11,13-14,24,27H,4,8,12,15-19H2,(H,31,33)/t24-,27-/m1/s1. The number of pyridine rings is 1. The minimum atomic E-state index is -0.888. The van der Waals surface area contributed by atoms with Crippen LogP contribution < -0.4 is 19.5 Å². The normalized spacial score (nSPS) is 17.1. The molecule has 1 N–H and O–H groups in total. The molecule has 0 saturated carbocycles. The van der Waals surface area contributed by atoms with E-state index >= 15 is 0 Å². The first-order chi connectivity index (χ1) is 18.1. The largest absolute Gasteiger partial charge is 0.479 e. The molecule has 2 aliphatic rings. The van der Waals surface area contributed by atoms with E-state index in [1.807, 2.05) is 36.4 Å². The molecule has 2 aromatic carbocycles. The van der Waals surface area contributed by atoms with Gasteiger partial charge in [0.2, 0.25) is 6.79 Å². The van der Waals surface area contributed by atoms with Crippen LogP contribution in [0, 0.1) is 5.82 Å². The lowest BCUT2D eigenvalue weighted by molar-refractivity contribution is -0.129. The summed E-state index contributed by atoms with van der Waals surface area (Å²) in [6.45, 7) is 2.65. The molecule has 3 aromatic rings. The monoisotopic (exact) mass is 507 g/mol. The molecule has 2 atom stereocenters. The Balaban J connectivity index is 1.34. The first-order valence-electron chi connectivity index (χ1n) is 12.4. The van der Waals surface area contributed by atoms with Crippen molar-refractivity contribution in [2.24, 2.45) is 0 Å². The Morgan fingerprint density at radius 1 is 1.14 bits per heavy atom. The van der Waals surface area contributed by atoms with E-state index in [1.165, 1.54) is 12.1 Å². The van der Waals surface area contributed by atoms with Gasteiger partial charge in [-0.2, -0.15) is 0 Å². The number of benzene rings is 2. The molecule has 37 heavy (non-hydrogen) atoms. The molecule has 9 heteroatoms. The first-order valence-corrected chi connectivity index (χ1v) is 12.4. The van der Waals surface area contributed by atoms with Gasteiger partial charge in [0, 0.05) is 38.5 Å². The van der Waals surface area contributed by atoms with E-state index in [9.17, 15) is 9.18 Å². The van der Waals surface area contributed by atoms with E-state index in [0.29, 0.717) is 18.8 Å². The van der Waals surface area contributed by atoms with Crippen molar-refractivity contribution in [3.05, 3.63) is 83.9 Å². The molecule has 1 aromatic heterocycles. The summed E-state index contributed by atoms with van der Waals surface area (Å²) in [5.74, 6) is 0.976. The average Bonchev–Trinajstić information content (AvgIpc) is 3.59. The van der Waals surface area contributed by atoms with Crippen molar-refractivity contribution in [1.29, 1.82) is 0 Å². The lowest BCUT2D eigenvalue weighted by atomic mass is 10.1. The van der Waals surface area contributed by atoms with Crippen molar-refractivity contribution in [1.82, 2.24) is 15.2 Å². The van der Waals surface area contributed by atoms with Gasteiger partial charge in [0.25, 0.3) is 5.91 Å². The molecule has 1 fully saturated rings. The predicted octanol–water partition coefficient (Wildman–Crippen LogP) is 3.69. The molecule has 194 valence electrons. The number of ether oxygens (including phenoxy) is 4. The van der Waals surface area contributed by atoms with Crippen LogP contribution >= 0.6 is 0 Å². The predicted molar refractivity (Wildman–Crippen MR) is 134 cm³/mol. The molecule has 0 unspecified atom stereocenters. The van der Waals surface area contributed by atoms with Crippen LogP contribution in [0.25, 0.3) is 0 Å². The van der Waals surface area contributed by atoms with Crippen LogP contribution in [0.2, 0.25) is 0 Å². The van der Waals surface area contributed by atoms with E-state index in [4.69, 9.17) is 18.9 Å². The fourth-order valence-electron chi connectivity index (χ4n) is 4.48. The molecular weight excluding hydrogens is 477 g/mol.